The van der Waals surface area contributed by atoms with Crippen LogP contribution in [0.4, 0.5) is 10.5 Å². The van der Waals surface area contributed by atoms with Gasteiger partial charge in [-0.05, 0) is 74.9 Å². The van der Waals surface area contributed by atoms with Crippen molar-refractivity contribution in [3.05, 3.63) is 59.2 Å². The predicted octanol–water partition coefficient (Wildman–Crippen LogP) is 4.12. The van der Waals surface area contributed by atoms with E-state index < -0.39 is 10.0 Å². The van der Waals surface area contributed by atoms with Crippen LogP contribution in [-0.4, -0.2) is 55.2 Å². The average Bonchev–Trinajstić information content (AvgIpc) is 3.38. The molecule has 35 heavy (non-hydrogen) atoms. The number of anilines is 1. The Morgan fingerprint density at radius 3 is 2.49 bits per heavy atom. The first-order valence-corrected chi connectivity index (χ1v) is 13.8. The molecule has 0 bridgehead atoms. The van der Waals surface area contributed by atoms with Crippen LogP contribution in [0, 0.1) is 6.92 Å². The van der Waals surface area contributed by atoms with E-state index in [-0.39, 0.29) is 29.4 Å². The number of carbonyl (C=O) groups is 2. The van der Waals surface area contributed by atoms with E-state index in [0.29, 0.717) is 23.4 Å². The van der Waals surface area contributed by atoms with E-state index in [1.807, 2.05) is 31.2 Å². The largest absolute Gasteiger partial charge is 0.348 e. The van der Waals surface area contributed by atoms with Crippen LogP contribution in [0.25, 0.3) is 0 Å². The van der Waals surface area contributed by atoms with Crippen molar-refractivity contribution in [3.8, 4) is 0 Å². The minimum absolute atomic E-state index is 0.0504. The summed E-state index contributed by atoms with van der Waals surface area (Å²) in [7, 11) is -3.67. The molecule has 1 atom stereocenters. The molecule has 0 aromatic heterocycles. The SMILES string of the molecule is Cc1ccc(S(=O)(=O)N2CCCCC2C)cc1C(=O)NCc1cccc(NC(=O)N2CCCC2)c1. The van der Waals surface area contributed by atoms with E-state index in [1.54, 1.807) is 28.3 Å². The summed E-state index contributed by atoms with van der Waals surface area (Å²) in [6, 6.07) is 11.9. The summed E-state index contributed by atoms with van der Waals surface area (Å²) in [5.41, 5.74) is 2.56. The summed E-state index contributed by atoms with van der Waals surface area (Å²) >= 11 is 0. The molecule has 1 unspecified atom stereocenters. The lowest BCUT2D eigenvalue weighted by Gasteiger charge is -2.32. The fourth-order valence-electron chi connectivity index (χ4n) is 4.73. The maximum absolute atomic E-state index is 13.2. The van der Waals surface area contributed by atoms with Gasteiger partial charge in [0.1, 0.15) is 0 Å². The molecule has 2 N–H and O–H groups in total. The third kappa shape index (κ3) is 5.85. The molecule has 2 aromatic carbocycles. The van der Waals surface area contributed by atoms with Gasteiger partial charge in [-0.15, -0.1) is 0 Å². The number of aryl methyl sites for hydroxylation is 1. The maximum Gasteiger partial charge on any atom is 0.321 e. The van der Waals surface area contributed by atoms with Gasteiger partial charge >= 0.3 is 6.03 Å². The fourth-order valence-corrected chi connectivity index (χ4v) is 6.46. The van der Waals surface area contributed by atoms with Gasteiger partial charge in [0.2, 0.25) is 10.0 Å². The maximum atomic E-state index is 13.2. The normalized spacial score (nSPS) is 18.9. The Morgan fingerprint density at radius 1 is 1.00 bits per heavy atom. The van der Waals surface area contributed by atoms with Gasteiger partial charge in [0.25, 0.3) is 5.91 Å². The Kier molecular flexibility index (Phi) is 7.76. The standard InChI is InChI=1S/C26H34N4O4S/c1-19-11-12-23(35(33,34)30-15-4-3-8-20(30)2)17-24(19)25(31)27-18-21-9-7-10-22(16-21)28-26(32)29-13-5-6-14-29/h7,9-12,16-17,20H,3-6,8,13-15,18H2,1-2H3,(H,27,31)(H,28,32). The first kappa shape index (κ1) is 25.2. The summed E-state index contributed by atoms with van der Waals surface area (Å²) < 4.78 is 28.0. The van der Waals surface area contributed by atoms with Crippen LogP contribution in [0.1, 0.15) is 60.5 Å². The zero-order chi connectivity index (χ0) is 25.0. The number of rotatable bonds is 6. The zero-order valence-corrected chi connectivity index (χ0v) is 21.2. The van der Waals surface area contributed by atoms with Crippen molar-refractivity contribution in [2.45, 2.75) is 63.4 Å². The Bertz CT molecular complexity index is 1190. The van der Waals surface area contributed by atoms with E-state index in [2.05, 4.69) is 10.6 Å². The molecule has 2 heterocycles. The molecule has 0 radical (unpaired) electrons. The van der Waals surface area contributed by atoms with Crippen LogP contribution in [0.15, 0.2) is 47.4 Å². The number of sulfonamides is 1. The number of carbonyl (C=O) groups excluding carboxylic acids is 2. The van der Waals surface area contributed by atoms with Gasteiger partial charge in [-0.3, -0.25) is 4.79 Å². The summed E-state index contributed by atoms with van der Waals surface area (Å²) in [5.74, 6) is -0.335. The van der Waals surface area contributed by atoms with E-state index in [4.69, 9.17) is 0 Å². The van der Waals surface area contributed by atoms with Gasteiger partial charge < -0.3 is 15.5 Å². The molecule has 2 saturated heterocycles. The molecular weight excluding hydrogens is 464 g/mol. The topological polar surface area (TPSA) is 98.8 Å². The molecule has 2 fully saturated rings. The van der Waals surface area contributed by atoms with Crippen molar-refractivity contribution in [1.82, 2.24) is 14.5 Å². The fraction of sp³-hybridized carbons (Fsp3) is 0.462. The van der Waals surface area contributed by atoms with Crippen LogP contribution in [0.5, 0.6) is 0 Å². The summed E-state index contributed by atoms with van der Waals surface area (Å²) in [5, 5.41) is 5.80. The van der Waals surface area contributed by atoms with Crippen molar-refractivity contribution in [1.29, 1.82) is 0 Å². The van der Waals surface area contributed by atoms with Crippen molar-refractivity contribution in [2.75, 3.05) is 25.0 Å². The number of amides is 3. The number of piperidine rings is 1. The Labute approximate surface area is 207 Å². The lowest BCUT2D eigenvalue weighted by atomic mass is 10.1. The molecule has 8 nitrogen and oxygen atoms in total. The summed E-state index contributed by atoms with van der Waals surface area (Å²) in [6.45, 7) is 6.03. The highest BCUT2D eigenvalue weighted by molar-refractivity contribution is 7.89. The Hall–Kier alpha value is -2.91. The lowest BCUT2D eigenvalue weighted by molar-refractivity contribution is 0.0950. The molecule has 3 amide bonds. The van der Waals surface area contributed by atoms with Gasteiger partial charge in [-0.1, -0.05) is 24.6 Å². The van der Waals surface area contributed by atoms with E-state index in [0.717, 1.165) is 50.8 Å². The molecule has 0 saturated carbocycles. The van der Waals surface area contributed by atoms with Crippen molar-refractivity contribution >= 4 is 27.6 Å². The van der Waals surface area contributed by atoms with Crippen LogP contribution in [0.2, 0.25) is 0 Å². The van der Waals surface area contributed by atoms with Gasteiger partial charge in [-0.25, -0.2) is 13.2 Å². The average molecular weight is 499 g/mol. The highest BCUT2D eigenvalue weighted by Crippen LogP contribution is 2.26. The van der Waals surface area contributed by atoms with Crippen LogP contribution in [-0.2, 0) is 16.6 Å². The van der Waals surface area contributed by atoms with Crippen LogP contribution < -0.4 is 10.6 Å². The van der Waals surface area contributed by atoms with Gasteiger partial charge in [0.15, 0.2) is 0 Å². The zero-order valence-electron chi connectivity index (χ0n) is 20.4. The summed E-state index contributed by atoms with van der Waals surface area (Å²) in [6.07, 6.45) is 4.77. The van der Waals surface area contributed by atoms with E-state index in [1.165, 1.54) is 6.07 Å². The minimum Gasteiger partial charge on any atom is -0.348 e. The van der Waals surface area contributed by atoms with Crippen LogP contribution >= 0.6 is 0 Å². The smallest absolute Gasteiger partial charge is 0.321 e. The van der Waals surface area contributed by atoms with Crippen molar-refractivity contribution < 1.29 is 18.0 Å². The quantitative estimate of drug-likeness (QED) is 0.626. The number of urea groups is 1. The van der Waals surface area contributed by atoms with Crippen LogP contribution in [0.3, 0.4) is 0 Å². The molecule has 2 aliphatic rings. The second-order valence-electron chi connectivity index (χ2n) is 9.44. The monoisotopic (exact) mass is 498 g/mol. The molecule has 9 heteroatoms. The first-order valence-electron chi connectivity index (χ1n) is 12.3. The molecule has 188 valence electrons. The van der Waals surface area contributed by atoms with Crippen molar-refractivity contribution in [2.24, 2.45) is 0 Å². The Balaban J connectivity index is 1.43. The van der Waals surface area contributed by atoms with E-state index in [9.17, 15) is 18.0 Å². The third-order valence-corrected chi connectivity index (χ3v) is 8.84. The van der Waals surface area contributed by atoms with Gasteiger partial charge in [0, 0.05) is 43.5 Å². The third-order valence-electron chi connectivity index (χ3n) is 6.83. The highest BCUT2D eigenvalue weighted by Gasteiger charge is 2.31. The number of nitrogens with zero attached hydrogens (tertiary/aromatic N) is 2. The second kappa shape index (κ2) is 10.8. The first-order chi connectivity index (χ1) is 16.8. The second-order valence-corrected chi connectivity index (χ2v) is 11.3. The lowest BCUT2D eigenvalue weighted by Crippen LogP contribution is -2.42. The molecule has 4 rings (SSSR count). The molecule has 2 aliphatic heterocycles. The number of hydrogen-bond donors (Lipinski definition) is 2. The van der Waals surface area contributed by atoms with Gasteiger partial charge in [-0.2, -0.15) is 4.31 Å². The molecule has 0 spiro atoms. The molecular formula is C26H34N4O4S. The highest BCUT2D eigenvalue weighted by atomic mass is 32.2. The van der Waals surface area contributed by atoms with Gasteiger partial charge in [0.05, 0.1) is 4.90 Å². The number of likely N-dealkylation sites (tertiary alicyclic amines) is 1. The Morgan fingerprint density at radius 2 is 1.74 bits per heavy atom. The predicted molar refractivity (Wildman–Crippen MR) is 136 cm³/mol. The number of nitrogens with one attached hydrogen (secondary N) is 2. The number of hydrogen-bond acceptors (Lipinski definition) is 4. The molecule has 2 aromatic rings. The molecule has 0 aliphatic carbocycles. The summed E-state index contributed by atoms with van der Waals surface area (Å²) in [4.78, 5) is 27.3. The van der Waals surface area contributed by atoms with Crippen molar-refractivity contribution in [3.63, 3.8) is 0 Å². The number of benzene rings is 2. The minimum atomic E-state index is -3.67. The van der Waals surface area contributed by atoms with E-state index >= 15 is 0 Å².